The van der Waals surface area contributed by atoms with Crippen molar-refractivity contribution in [2.24, 2.45) is 0 Å². The van der Waals surface area contributed by atoms with Gasteiger partial charge in [-0.25, -0.2) is 0 Å². The first-order valence-electron chi connectivity index (χ1n) is 10.2. The number of benzene rings is 1. The summed E-state index contributed by atoms with van der Waals surface area (Å²) in [5, 5.41) is 23.4. The summed E-state index contributed by atoms with van der Waals surface area (Å²) in [6, 6.07) is 9.85. The molecular weight excluding hydrogens is 398 g/mol. The Balaban J connectivity index is 1.52. The number of rotatable bonds is 7. The number of carbonyl (C=O) groups excluding carboxylic acids is 1. The summed E-state index contributed by atoms with van der Waals surface area (Å²) < 4.78 is 12.7. The second-order valence-corrected chi connectivity index (χ2v) is 7.53. The second-order valence-electron chi connectivity index (χ2n) is 7.53. The van der Waals surface area contributed by atoms with E-state index in [1.54, 1.807) is 43.8 Å². The molecule has 0 radical (unpaired) electrons. The zero-order valence-corrected chi connectivity index (χ0v) is 17.2. The molecule has 8 heteroatoms. The van der Waals surface area contributed by atoms with Gasteiger partial charge in [-0.05, 0) is 55.5 Å². The number of hydrogen-bond donors (Lipinski definition) is 3. The number of nitrogens with zero attached hydrogens (tertiary/aromatic N) is 2. The minimum Gasteiger partial charge on any atom is -0.494 e. The standard InChI is InChI=1S/C23H25N3O5/c1-30-19-9-8-16(11-20(19)31-17-6-2-3-7-17)22(28)25-18-12-21(27)26(23(18)29)14-15-5-4-10-24-13-15/h4-5,8-13,17,27,29H,2-3,6-7,14H2,1H3,(H,25,28). The number of aromatic nitrogens is 2. The molecule has 0 atom stereocenters. The number of anilines is 1. The second kappa shape index (κ2) is 8.99. The van der Waals surface area contributed by atoms with Gasteiger partial charge in [-0.15, -0.1) is 0 Å². The summed E-state index contributed by atoms with van der Waals surface area (Å²) >= 11 is 0. The Labute approximate surface area is 180 Å². The van der Waals surface area contributed by atoms with Crippen molar-refractivity contribution in [1.29, 1.82) is 0 Å². The van der Waals surface area contributed by atoms with Crippen LogP contribution in [-0.4, -0.2) is 38.9 Å². The maximum absolute atomic E-state index is 12.8. The lowest BCUT2D eigenvalue weighted by molar-refractivity contribution is 0.102. The Morgan fingerprint density at radius 2 is 2.00 bits per heavy atom. The molecule has 162 valence electrons. The van der Waals surface area contributed by atoms with Crippen molar-refractivity contribution in [3.63, 3.8) is 0 Å². The van der Waals surface area contributed by atoms with Crippen molar-refractivity contribution in [2.75, 3.05) is 12.4 Å². The van der Waals surface area contributed by atoms with Gasteiger partial charge in [-0.1, -0.05) is 6.07 Å². The van der Waals surface area contributed by atoms with Crippen molar-refractivity contribution < 1.29 is 24.5 Å². The minimum absolute atomic E-state index is 0.112. The summed E-state index contributed by atoms with van der Waals surface area (Å²) in [5.41, 5.74) is 1.26. The molecule has 0 aliphatic heterocycles. The van der Waals surface area contributed by atoms with Crippen LogP contribution in [0.15, 0.2) is 48.8 Å². The van der Waals surface area contributed by atoms with E-state index in [0.29, 0.717) is 17.1 Å². The minimum atomic E-state index is -0.437. The molecule has 0 unspecified atom stereocenters. The molecule has 0 spiro atoms. The van der Waals surface area contributed by atoms with E-state index in [1.807, 2.05) is 6.07 Å². The molecule has 3 N–H and O–H groups in total. The molecule has 2 aromatic heterocycles. The highest BCUT2D eigenvalue weighted by Crippen LogP contribution is 2.35. The van der Waals surface area contributed by atoms with Crippen LogP contribution in [-0.2, 0) is 6.54 Å². The molecule has 1 aromatic carbocycles. The molecule has 3 aromatic rings. The molecule has 8 nitrogen and oxygen atoms in total. The number of pyridine rings is 1. The lowest BCUT2D eigenvalue weighted by atomic mass is 10.1. The topological polar surface area (TPSA) is 106 Å². The number of aromatic hydroxyl groups is 2. The quantitative estimate of drug-likeness (QED) is 0.532. The molecule has 31 heavy (non-hydrogen) atoms. The highest BCUT2D eigenvalue weighted by molar-refractivity contribution is 6.05. The molecule has 0 saturated heterocycles. The number of hydrogen-bond acceptors (Lipinski definition) is 6. The van der Waals surface area contributed by atoms with Crippen molar-refractivity contribution in [3.05, 3.63) is 59.9 Å². The van der Waals surface area contributed by atoms with Crippen LogP contribution in [0.1, 0.15) is 41.6 Å². The predicted octanol–water partition coefficient (Wildman–Crippen LogP) is 3.92. The zero-order chi connectivity index (χ0) is 21.8. The largest absolute Gasteiger partial charge is 0.494 e. The Hall–Kier alpha value is -3.68. The Bertz CT molecular complexity index is 1060. The van der Waals surface area contributed by atoms with E-state index >= 15 is 0 Å². The average Bonchev–Trinajstić information content (AvgIpc) is 3.38. The van der Waals surface area contributed by atoms with E-state index in [2.05, 4.69) is 10.3 Å². The van der Waals surface area contributed by atoms with Gasteiger partial charge in [-0.2, -0.15) is 0 Å². The number of carbonyl (C=O) groups is 1. The van der Waals surface area contributed by atoms with E-state index in [4.69, 9.17) is 9.47 Å². The van der Waals surface area contributed by atoms with E-state index in [0.717, 1.165) is 31.2 Å². The van der Waals surface area contributed by atoms with Crippen molar-refractivity contribution >= 4 is 11.6 Å². The molecule has 1 saturated carbocycles. The first-order valence-corrected chi connectivity index (χ1v) is 10.2. The number of methoxy groups -OCH3 is 1. The van der Waals surface area contributed by atoms with Crippen LogP contribution in [0.4, 0.5) is 5.69 Å². The Morgan fingerprint density at radius 3 is 2.71 bits per heavy atom. The summed E-state index contributed by atoms with van der Waals surface area (Å²) in [5.74, 6) is 0.227. The third-order valence-corrected chi connectivity index (χ3v) is 5.38. The number of amides is 1. The van der Waals surface area contributed by atoms with E-state index in [1.165, 1.54) is 10.6 Å². The first-order chi connectivity index (χ1) is 15.0. The lowest BCUT2D eigenvalue weighted by Crippen LogP contribution is -2.14. The number of nitrogens with one attached hydrogen (secondary N) is 1. The van der Waals surface area contributed by atoms with Crippen LogP contribution in [0.3, 0.4) is 0 Å². The third-order valence-electron chi connectivity index (χ3n) is 5.38. The average molecular weight is 423 g/mol. The fourth-order valence-electron chi connectivity index (χ4n) is 3.74. The SMILES string of the molecule is COc1ccc(C(=O)Nc2cc(O)n(Cc3cccnc3)c2O)cc1OC1CCCC1. The van der Waals surface area contributed by atoms with Crippen molar-refractivity contribution in [1.82, 2.24) is 9.55 Å². The summed E-state index contributed by atoms with van der Waals surface area (Å²) in [4.78, 5) is 16.8. The molecule has 0 bridgehead atoms. The van der Waals surface area contributed by atoms with E-state index < -0.39 is 5.91 Å². The molecule has 4 rings (SSSR count). The fraction of sp³-hybridized carbons (Fsp3) is 0.304. The van der Waals surface area contributed by atoms with Gasteiger partial charge in [0.2, 0.25) is 5.88 Å². The molecule has 1 fully saturated rings. The van der Waals surface area contributed by atoms with Crippen LogP contribution in [0.2, 0.25) is 0 Å². The smallest absolute Gasteiger partial charge is 0.255 e. The summed E-state index contributed by atoms with van der Waals surface area (Å²) in [6.45, 7) is 0.212. The van der Waals surface area contributed by atoms with Gasteiger partial charge in [0, 0.05) is 24.0 Å². The fourth-order valence-corrected chi connectivity index (χ4v) is 3.74. The van der Waals surface area contributed by atoms with E-state index in [-0.39, 0.29) is 30.1 Å². The predicted molar refractivity (Wildman–Crippen MR) is 115 cm³/mol. The molecular formula is C23H25N3O5. The highest BCUT2D eigenvalue weighted by Gasteiger charge is 2.21. The maximum Gasteiger partial charge on any atom is 0.255 e. The highest BCUT2D eigenvalue weighted by atomic mass is 16.5. The van der Waals surface area contributed by atoms with Gasteiger partial charge in [0.15, 0.2) is 17.4 Å². The van der Waals surface area contributed by atoms with Crippen LogP contribution in [0.25, 0.3) is 0 Å². The molecule has 1 amide bonds. The third kappa shape index (κ3) is 4.58. The zero-order valence-electron chi connectivity index (χ0n) is 17.2. The maximum atomic E-state index is 12.8. The summed E-state index contributed by atoms with van der Waals surface area (Å²) in [6.07, 6.45) is 7.63. The molecule has 1 aliphatic rings. The van der Waals surface area contributed by atoms with Gasteiger partial charge in [-0.3, -0.25) is 14.3 Å². The van der Waals surface area contributed by atoms with Gasteiger partial charge < -0.3 is 25.0 Å². The van der Waals surface area contributed by atoms with Crippen molar-refractivity contribution in [2.45, 2.75) is 38.3 Å². The summed E-state index contributed by atoms with van der Waals surface area (Å²) in [7, 11) is 1.56. The van der Waals surface area contributed by atoms with Gasteiger partial charge in [0.1, 0.15) is 5.69 Å². The Morgan fingerprint density at radius 1 is 1.19 bits per heavy atom. The van der Waals surface area contributed by atoms with Crippen molar-refractivity contribution in [3.8, 4) is 23.3 Å². The monoisotopic (exact) mass is 423 g/mol. The molecule has 1 aliphatic carbocycles. The van der Waals surface area contributed by atoms with Crippen LogP contribution >= 0.6 is 0 Å². The van der Waals surface area contributed by atoms with Crippen LogP contribution in [0.5, 0.6) is 23.3 Å². The van der Waals surface area contributed by atoms with Gasteiger partial charge in [0.25, 0.3) is 5.91 Å². The number of ether oxygens (including phenoxy) is 2. The van der Waals surface area contributed by atoms with Gasteiger partial charge >= 0.3 is 0 Å². The Kier molecular flexibility index (Phi) is 5.97. The normalized spacial score (nSPS) is 13.8. The lowest BCUT2D eigenvalue weighted by Gasteiger charge is -2.16. The first kappa shape index (κ1) is 20.6. The molecule has 2 heterocycles. The van der Waals surface area contributed by atoms with Gasteiger partial charge in [0.05, 0.1) is 19.8 Å². The van der Waals surface area contributed by atoms with E-state index in [9.17, 15) is 15.0 Å². The van der Waals surface area contributed by atoms with Crippen LogP contribution in [0, 0.1) is 0 Å². The van der Waals surface area contributed by atoms with Crippen LogP contribution < -0.4 is 14.8 Å².